The number of aliphatic hydroxyl groups is 1. The van der Waals surface area contributed by atoms with E-state index in [-0.39, 0.29) is 6.61 Å². The van der Waals surface area contributed by atoms with Gasteiger partial charge in [-0.15, -0.1) is 0 Å². The van der Waals surface area contributed by atoms with Gasteiger partial charge < -0.3 is 20.5 Å². The summed E-state index contributed by atoms with van der Waals surface area (Å²) >= 11 is 12.3. The molecule has 0 heterocycles. The standard InChI is InChI=1S/C19H24Cl2N2O2/c20-18-3-1-4-19(21)17(18)14-25-16-7-5-15(6-8-16)13-23-10-2-9-22-11-12-24/h1,3-8,22-24H,2,9-14H2. The fraction of sp³-hybridized carbons (Fsp3) is 0.368. The molecule has 6 heteroatoms. The molecule has 3 N–H and O–H groups in total. The first-order valence-electron chi connectivity index (χ1n) is 8.37. The molecule has 0 aliphatic rings. The Labute approximate surface area is 159 Å². The maximum Gasteiger partial charge on any atom is 0.119 e. The van der Waals surface area contributed by atoms with E-state index >= 15 is 0 Å². The van der Waals surface area contributed by atoms with Crippen molar-refractivity contribution >= 4 is 23.2 Å². The topological polar surface area (TPSA) is 53.5 Å². The first-order valence-corrected chi connectivity index (χ1v) is 9.13. The Morgan fingerprint density at radius 2 is 1.56 bits per heavy atom. The van der Waals surface area contributed by atoms with E-state index in [1.54, 1.807) is 12.1 Å². The van der Waals surface area contributed by atoms with E-state index < -0.39 is 0 Å². The van der Waals surface area contributed by atoms with Crippen LogP contribution in [0.2, 0.25) is 10.0 Å². The van der Waals surface area contributed by atoms with Crippen molar-refractivity contribution in [2.24, 2.45) is 0 Å². The minimum atomic E-state index is 0.185. The molecular weight excluding hydrogens is 359 g/mol. The van der Waals surface area contributed by atoms with Crippen LogP contribution < -0.4 is 15.4 Å². The largest absolute Gasteiger partial charge is 0.489 e. The lowest BCUT2D eigenvalue weighted by molar-refractivity contribution is 0.292. The summed E-state index contributed by atoms with van der Waals surface area (Å²) in [4.78, 5) is 0. The molecule has 4 nitrogen and oxygen atoms in total. The molecule has 0 bridgehead atoms. The van der Waals surface area contributed by atoms with Crippen molar-refractivity contribution in [3.8, 4) is 5.75 Å². The lowest BCUT2D eigenvalue weighted by Crippen LogP contribution is -2.23. The van der Waals surface area contributed by atoms with E-state index in [1.807, 2.05) is 30.3 Å². The lowest BCUT2D eigenvalue weighted by atomic mass is 10.2. The number of ether oxygens (including phenoxy) is 1. The van der Waals surface area contributed by atoms with E-state index in [0.29, 0.717) is 23.2 Å². The second kappa shape index (κ2) is 11.3. The molecule has 0 unspecified atom stereocenters. The number of hydrogen-bond acceptors (Lipinski definition) is 4. The van der Waals surface area contributed by atoms with Crippen LogP contribution in [0.1, 0.15) is 17.5 Å². The first kappa shape index (κ1) is 20.0. The summed E-state index contributed by atoms with van der Waals surface area (Å²) in [6.07, 6.45) is 1.03. The fourth-order valence-corrected chi connectivity index (χ4v) is 2.81. The number of rotatable bonds is 11. The van der Waals surface area contributed by atoms with Gasteiger partial charge in [0.2, 0.25) is 0 Å². The SMILES string of the molecule is OCCNCCCNCc1ccc(OCc2c(Cl)cccc2Cl)cc1. The monoisotopic (exact) mass is 382 g/mol. The van der Waals surface area contributed by atoms with Crippen LogP contribution in [0.25, 0.3) is 0 Å². The maximum absolute atomic E-state index is 8.67. The van der Waals surface area contributed by atoms with Crippen molar-refractivity contribution in [1.29, 1.82) is 0 Å². The molecule has 0 aliphatic carbocycles. The maximum atomic E-state index is 8.67. The molecule has 0 radical (unpaired) electrons. The molecule has 0 atom stereocenters. The summed E-state index contributed by atoms with van der Waals surface area (Å²) in [5, 5.41) is 16.4. The Bertz CT molecular complexity index is 616. The second-order valence-corrected chi connectivity index (χ2v) is 6.45. The third-order valence-corrected chi connectivity index (χ3v) is 4.40. The molecule has 0 saturated carbocycles. The van der Waals surface area contributed by atoms with Gasteiger partial charge in [-0.3, -0.25) is 0 Å². The van der Waals surface area contributed by atoms with Gasteiger partial charge in [0, 0.05) is 28.7 Å². The Balaban J connectivity index is 1.71. The van der Waals surface area contributed by atoms with Crippen LogP contribution in [0, 0.1) is 0 Å². The third-order valence-electron chi connectivity index (χ3n) is 3.69. The highest BCUT2D eigenvalue weighted by Gasteiger charge is 2.06. The van der Waals surface area contributed by atoms with Gasteiger partial charge in [-0.25, -0.2) is 0 Å². The fourth-order valence-electron chi connectivity index (χ4n) is 2.30. The molecule has 25 heavy (non-hydrogen) atoms. The number of halogens is 2. The molecule has 0 aliphatic heterocycles. The minimum Gasteiger partial charge on any atom is -0.489 e. The Hall–Kier alpha value is -1.30. The van der Waals surface area contributed by atoms with Crippen molar-refractivity contribution in [2.75, 3.05) is 26.2 Å². The molecule has 0 amide bonds. The minimum absolute atomic E-state index is 0.185. The van der Waals surface area contributed by atoms with E-state index in [1.165, 1.54) is 5.56 Å². The number of nitrogens with one attached hydrogen (secondary N) is 2. The van der Waals surface area contributed by atoms with Gasteiger partial charge >= 0.3 is 0 Å². The summed E-state index contributed by atoms with van der Waals surface area (Å²) in [6.45, 7) is 3.84. The summed E-state index contributed by atoms with van der Waals surface area (Å²) < 4.78 is 5.77. The molecule has 136 valence electrons. The van der Waals surface area contributed by atoms with Gasteiger partial charge in [0.05, 0.1) is 6.61 Å². The molecule has 0 saturated heterocycles. The van der Waals surface area contributed by atoms with E-state index in [4.69, 9.17) is 33.0 Å². The molecule has 2 rings (SSSR count). The quantitative estimate of drug-likeness (QED) is 0.519. The zero-order valence-electron chi connectivity index (χ0n) is 14.1. The van der Waals surface area contributed by atoms with Crippen LogP contribution in [0.3, 0.4) is 0 Å². The Morgan fingerprint density at radius 3 is 2.24 bits per heavy atom. The molecule has 2 aromatic carbocycles. The van der Waals surface area contributed by atoms with Crippen LogP contribution in [-0.2, 0) is 13.2 Å². The van der Waals surface area contributed by atoms with Crippen molar-refractivity contribution in [1.82, 2.24) is 10.6 Å². The second-order valence-electron chi connectivity index (χ2n) is 5.64. The molecule has 0 spiro atoms. The van der Waals surface area contributed by atoms with Crippen molar-refractivity contribution in [3.05, 3.63) is 63.6 Å². The Kier molecular flexibility index (Phi) is 9.08. The number of benzene rings is 2. The molecule has 0 fully saturated rings. The van der Waals surface area contributed by atoms with Crippen molar-refractivity contribution < 1.29 is 9.84 Å². The van der Waals surface area contributed by atoms with Crippen LogP contribution in [0.5, 0.6) is 5.75 Å². The zero-order valence-corrected chi connectivity index (χ0v) is 15.6. The molecule has 0 aromatic heterocycles. The summed E-state index contributed by atoms with van der Waals surface area (Å²) in [6, 6.07) is 13.4. The normalized spacial score (nSPS) is 10.8. The van der Waals surface area contributed by atoms with E-state index in [9.17, 15) is 0 Å². The summed E-state index contributed by atoms with van der Waals surface area (Å²) in [5.74, 6) is 0.785. The van der Waals surface area contributed by atoms with Gasteiger partial charge in [-0.05, 0) is 49.3 Å². The lowest BCUT2D eigenvalue weighted by Gasteiger charge is -2.10. The van der Waals surface area contributed by atoms with E-state index in [2.05, 4.69) is 10.6 Å². The molecular formula is C19H24Cl2N2O2. The van der Waals surface area contributed by atoms with Gasteiger partial charge in [-0.2, -0.15) is 0 Å². The highest BCUT2D eigenvalue weighted by molar-refractivity contribution is 6.35. The molecule has 2 aromatic rings. The van der Waals surface area contributed by atoms with Gasteiger partial charge in [0.1, 0.15) is 12.4 Å². The van der Waals surface area contributed by atoms with Crippen LogP contribution in [0.4, 0.5) is 0 Å². The van der Waals surface area contributed by atoms with Crippen molar-refractivity contribution in [3.63, 3.8) is 0 Å². The van der Waals surface area contributed by atoms with Crippen LogP contribution in [-0.4, -0.2) is 31.3 Å². The smallest absolute Gasteiger partial charge is 0.119 e. The number of aliphatic hydroxyl groups excluding tert-OH is 1. The average molecular weight is 383 g/mol. The van der Waals surface area contributed by atoms with Crippen molar-refractivity contribution in [2.45, 2.75) is 19.6 Å². The average Bonchev–Trinajstić information content (AvgIpc) is 2.62. The summed E-state index contributed by atoms with van der Waals surface area (Å²) in [7, 11) is 0. The highest BCUT2D eigenvalue weighted by atomic mass is 35.5. The Morgan fingerprint density at radius 1 is 0.880 bits per heavy atom. The van der Waals surface area contributed by atoms with Gasteiger partial charge in [0.25, 0.3) is 0 Å². The first-order chi connectivity index (χ1) is 12.2. The summed E-state index contributed by atoms with van der Waals surface area (Å²) in [5.41, 5.74) is 2.00. The van der Waals surface area contributed by atoms with Crippen LogP contribution in [0.15, 0.2) is 42.5 Å². The van der Waals surface area contributed by atoms with Gasteiger partial charge in [-0.1, -0.05) is 41.4 Å². The highest BCUT2D eigenvalue weighted by Crippen LogP contribution is 2.25. The predicted octanol–water partition coefficient (Wildman–Crippen LogP) is 3.63. The van der Waals surface area contributed by atoms with Crippen LogP contribution >= 0.6 is 23.2 Å². The zero-order chi connectivity index (χ0) is 17.9. The predicted molar refractivity (Wildman–Crippen MR) is 104 cm³/mol. The van der Waals surface area contributed by atoms with E-state index in [0.717, 1.165) is 37.4 Å². The van der Waals surface area contributed by atoms with Gasteiger partial charge in [0.15, 0.2) is 0 Å². The number of hydrogen-bond donors (Lipinski definition) is 3. The third kappa shape index (κ3) is 7.22.